The Bertz CT molecular complexity index is 849. The monoisotopic (exact) mass is 341 g/mol. The number of aromatic nitrogens is 2. The van der Waals surface area contributed by atoms with E-state index in [0.717, 1.165) is 47.7 Å². The molecule has 0 spiro atoms. The SMILES string of the molecule is O=C(NN1CCCCC1)c1ccsc1Nc1ccnc2[nH]ccc12. The Morgan fingerprint density at radius 1 is 1.21 bits per heavy atom. The topological polar surface area (TPSA) is 73.1 Å². The number of carbonyl (C=O) groups is 1. The molecule has 4 heterocycles. The molecule has 4 rings (SSSR count). The second-order valence-electron chi connectivity index (χ2n) is 5.88. The van der Waals surface area contributed by atoms with Gasteiger partial charge in [-0.3, -0.25) is 10.2 Å². The van der Waals surface area contributed by atoms with Crippen molar-refractivity contribution in [3.05, 3.63) is 41.5 Å². The Morgan fingerprint density at radius 2 is 2.08 bits per heavy atom. The smallest absolute Gasteiger partial charge is 0.268 e. The van der Waals surface area contributed by atoms with Gasteiger partial charge in [0.1, 0.15) is 10.6 Å². The maximum Gasteiger partial charge on any atom is 0.268 e. The fourth-order valence-corrected chi connectivity index (χ4v) is 3.78. The van der Waals surface area contributed by atoms with Gasteiger partial charge < -0.3 is 10.3 Å². The van der Waals surface area contributed by atoms with Crippen molar-refractivity contribution in [2.24, 2.45) is 0 Å². The molecule has 0 bridgehead atoms. The van der Waals surface area contributed by atoms with E-state index in [1.165, 1.54) is 17.8 Å². The highest BCUT2D eigenvalue weighted by atomic mass is 32.1. The molecule has 0 saturated carbocycles. The van der Waals surface area contributed by atoms with Crippen LogP contribution >= 0.6 is 11.3 Å². The summed E-state index contributed by atoms with van der Waals surface area (Å²) in [6.45, 7) is 1.85. The Balaban J connectivity index is 1.54. The number of hydrogen-bond donors (Lipinski definition) is 3. The zero-order valence-corrected chi connectivity index (χ0v) is 14.0. The van der Waals surface area contributed by atoms with E-state index in [0.29, 0.717) is 5.56 Å². The molecular formula is C17H19N5OS. The Hall–Kier alpha value is -2.38. The minimum Gasteiger partial charge on any atom is -0.346 e. The number of amides is 1. The molecule has 3 aromatic rings. The minimum atomic E-state index is -0.0555. The summed E-state index contributed by atoms with van der Waals surface area (Å²) < 4.78 is 0. The van der Waals surface area contributed by atoms with Crippen LogP contribution in [0, 0.1) is 0 Å². The molecule has 0 aromatic carbocycles. The summed E-state index contributed by atoms with van der Waals surface area (Å²) in [5, 5.41) is 9.18. The number of anilines is 2. The van der Waals surface area contributed by atoms with Gasteiger partial charge in [0.25, 0.3) is 5.91 Å². The largest absolute Gasteiger partial charge is 0.346 e. The van der Waals surface area contributed by atoms with Crippen LogP contribution in [0.5, 0.6) is 0 Å². The molecule has 24 heavy (non-hydrogen) atoms. The average molecular weight is 341 g/mol. The van der Waals surface area contributed by atoms with E-state index in [1.807, 2.05) is 34.8 Å². The molecule has 1 fully saturated rings. The van der Waals surface area contributed by atoms with Crippen LogP contribution in [0.2, 0.25) is 0 Å². The summed E-state index contributed by atoms with van der Waals surface area (Å²) in [7, 11) is 0. The summed E-state index contributed by atoms with van der Waals surface area (Å²) >= 11 is 1.52. The highest BCUT2D eigenvalue weighted by Crippen LogP contribution is 2.30. The quantitative estimate of drug-likeness (QED) is 0.679. The van der Waals surface area contributed by atoms with Gasteiger partial charge in [-0.2, -0.15) is 0 Å². The number of nitrogens with one attached hydrogen (secondary N) is 3. The van der Waals surface area contributed by atoms with E-state index < -0.39 is 0 Å². The number of fused-ring (bicyclic) bond motifs is 1. The van der Waals surface area contributed by atoms with Gasteiger partial charge in [0, 0.05) is 30.9 Å². The number of hydrogen-bond acceptors (Lipinski definition) is 5. The molecule has 6 nitrogen and oxygen atoms in total. The molecule has 0 unspecified atom stereocenters. The second-order valence-corrected chi connectivity index (χ2v) is 6.79. The first-order chi connectivity index (χ1) is 11.8. The van der Waals surface area contributed by atoms with Crippen LogP contribution in [0.4, 0.5) is 10.7 Å². The van der Waals surface area contributed by atoms with Crippen LogP contribution in [0.1, 0.15) is 29.6 Å². The number of nitrogens with zero attached hydrogens (tertiary/aromatic N) is 2. The first-order valence-electron chi connectivity index (χ1n) is 8.14. The Kier molecular flexibility index (Phi) is 4.18. The third kappa shape index (κ3) is 3.00. The number of piperidine rings is 1. The van der Waals surface area contributed by atoms with E-state index in [9.17, 15) is 4.79 Å². The van der Waals surface area contributed by atoms with E-state index in [1.54, 1.807) is 6.20 Å². The fourth-order valence-electron chi connectivity index (χ4n) is 2.99. The average Bonchev–Trinajstić information content (AvgIpc) is 3.25. The van der Waals surface area contributed by atoms with Crippen LogP contribution in [0.25, 0.3) is 11.0 Å². The molecule has 1 amide bonds. The van der Waals surface area contributed by atoms with Crippen molar-refractivity contribution >= 4 is 39.0 Å². The molecule has 3 aromatic heterocycles. The van der Waals surface area contributed by atoms with Gasteiger partial charge in [-0.1, -0.05) is 6.42 Å². The number of hydrazine groups is 1. The lowest BCUT2D eigenvalue weighted by Crippen LogP contribution is -2.45. The van der Waals surface area contributed by atoms with E-state index >= 15 is 0 Å². The maximum absolute atomic E-state index is 12.6. The molecule has 1 saturated heterocycles. The molecule has 3 N–H and O–H groups in total. The second kappa shape index (κ2) is 6.62. The summed E-state index contributed by atoms with van der Waals surface area (Å²) in [6, 6.07) is 5.76. The highest BCUT2D eigenvalue weighted by Gasteiger charge is 2.18. The van der Waals surface area contributed by atoms with Crippen LogP contribution in [-0.2, 0) is 0 Å². The lowest BCUT2D eigenvalue weighted by Gasteiger charge is -2.26. The van der Waals surface area contributed by atoms with Crippen molar-refractivity contribution in [1.82, 2.24) is 20.4 Å². The third-order valence-corrected chi connectivity index (χ3v) is 5.06. The van der Waals surface area contributed by atoms with Gasteiger partial charge >= 0.3 is 0 Å². The predicted molar refractivity (Wildman–Crippen MR) is 96.6 cm³/mol. The summed E-state index contributed by atoms with van der Waals surface area (Å²) in [4.78, 5) is 20.0. The normalized spacial score (nSPS) is 15.5. The lowest BCUT2D eigenvalue weighted by atomic mass is 10.2. The predicted octanol–water partition coefficient (Wildman–Crippen LogP) is 3.50. The first-order valence-corrected chi connectivity index (χ1v) is 9.02. The zero-order valence-electron chi connectivity index (χ0n) is 13.2. The van der Waals surface area contributed by atoms with Crippen molar-refractivity contribution in [2.75, 3.05) is 18.4 Å². The van der Waals surface area contributed by atoms with Gasteiger partial charge in [-0.05, 0) is 36.4 Å². The van der Waals surface area contributed by atoms with Crippen LogP contribution in [0.15, 0.2) is 36.0 Å². The third-order valence-electron chi connectivity index (χ3n) is 4.23. The van der Waals surface area contributed by atoms with Gasteiger partial charge in [0.15, 0.2) is 0 Å². The van der Waals surface area contributed by atoms with Gasteiger partial charge in [0.2, 0.25) is 0 Å². The van der Waals surface area contributed by atoms with E-state index in [-0.39, 0.29) is 5.91 Å². The lowest BCUT2D eigenvalue weighted by molar-refractivity contribution is 0.0751. The number of carbonyl (C=O) groups excluding carboxylic acids is 1. The number of thiophene rings is 1. The molecule has 7 heteroatoms. The summed E-state index contributed by atoms with van der Waals surface area (Å²) in [6.07, 6.45) is 7.13. The van der Waals surface area contributed by atoms with E-state index in [2.05, 4.69) is 20.7 Å². The molecule has 0 atom stereocenters. The molecule has 0 aliphatic carbocycles. The number of H-pyrrole nitrogens is 1. The van der Waals surface area contributed by atoms with Gasteiger partial charge in [-0.25, -0.2) is 9.99 Å². The summed E-state index contributed by atoms with van der Waals surface area (Å²) in [5.41, 5.74) is 5.46. The molecule has 124 valence electrons. The van der Waals surface area contributed by atoms with Crippen molar-refractivity contribution in [2.45, 2.75) is 19.3 Å². The minimum absolute atomic E-state index is 0.0555. The number of aromatic amines is 1. The molecule has 1 aliphatic rings. The molecule has 0 radical (unpaired) electrons. The van der Waals surface area contributed by atoms with Crippen LogP contribution in [0.3, 0.4) is 0 Å². The van der Waals surface area contributed by atoms with Crippen molar-refractivity contribution < 1.29 is 4.79 Å². The summed E-state index contributed by atoms with van der Waals surface area (Å²) in [5.74, 6) is -0.0555. The van der Waals surface area contributed by atoms with Gasteiger partial charge in [-0.15, -0.1) is 11.3 Å². The van der Waals surface area contributed by atoms with Crippen molar-refractivity contribution in [1.29, 1.82) is 0 Å². The fraction of sp³-hybridized carbons (Fsp3) is 0.294. The highest BCUT2D eigenvalue weighted by molar-refractivity contribution is 7.14. The van der Waals surface area contributed by atoms with E-state index in [4.69, 9.17) is 0 Å². The van der Waals surface area contributed by atoms with Crippen LogP contribution in [-0.4, -0.2) is 34.0 Å². The molecular weight excluding hydrogens is 322 g/mol. The van der Waals surface area contributed by atoms with Crippen molar-refractivity contribution in [3.63, 3.8) is 0 Å². The van der Waals surface area contributed by atoms with Gasteiger partial charge in [0.05, 0.1) is 11.3 Å². The Morgan fingerprint density at radius 3 is 2.96 bits per heavy atom. The van der Waals surface area contributed by atoms with Crippen LogP contribution < -0.4 is 10.7 Å². The number of pyridine rings is 1. The number of rotatable bonds is 4. The maximum atomic E-state index is 12.6. The standard InChI is InChI=1S/C17H19N5OS/c23-16(21-22-9-2-1-3-10-22)13-6-11-24-17(13)20-14-5-8-19-15-12(14)4-7-18-15/h4-8,11H,1-3,9-10H2,(H,21,23)(H2,18,19,20). The first kappa shape index (κ1) is 15.2. The van der Waals surface area contributed by atoms with Crippen molar-refractivity contribution in [3.8, 4) is 0 Å². The zero-order chi connectivity index (χ0) is 16.4. The Labute approximate surface area is 143 Å². The molecule has 1 aliphatic heterocycles.